The summed E-state index contributed by atoms with van der Waals surface area (Å²) in [5.74, 6) is 0. The van der Waals surface area contributed by atoms with Crippen LogP contribution in [0, 0.1) is 20.9 Å². The van der Waals surface area contributed by atoms with E-state index in [1.165, 1.54) is 27.1 Å². The minimum atomic E-state index is -2.03. The molecule has 2 aromatic carbocycles. The Kier molecular flexibility index (Phi) is 8.77. The van der Waals surface area contributed by atoms with Gasteiger partial charge in [-0.1, -0.05) is 103 Å². The first-order valence-electron chi connectivity index (χ1n) is 8.32. The van der Waals surface area contributed by atoms with E-state index in [0.717, 1.165) is 0 Å². The van der Waals surface area contributed by atoms with Crippen molar-refractivity contribution in [3.63, 3.8) is 0 Å². The largest absolute Gasteiger partial charge is 3.00 e. The van der Waals surface area contributed by atoms with Crippen LogP contribution >= 0.6 is 0 Å². The molecule has 1 radical (unpaired) electrons. The van der Waals surface area contributed by atoms with E-state index in [2.05, 4.69) is 101 Å². The first-order valence-corrected chi connectivity index (χ1v) is 10.8. The summed E-state index contributed by atoms with van der Waals surface area (Å²) in [6.07, 6.45) is 3.87. The second-order valence-electron chi connectivity index (χ2n) is 6.98. The van der Waals surface area contributed by atoms with Crippen LogP contribution in [0.1, 0.15) is 27.7 Å². The monoisotopic (exact) mass is 395 g/mol. The maximum absolute atomic E-state index is 3.87. The number of hydrogen-bond acceptors (Lipinski definition) is 0. The third-order valence-electron chi connectivity index (χ3n) is 6.01. The average molecular weight is 395 g/mol. The van der Waals surface area contributed by atoms with Crippen molar-refractivity contribution in [1.29, 1.82) is 0 Å². The molecule has 1 unspecified atom stereocenters. The van der Waals surface area contributed by atoms with Crippen molar-refractivity contribution in [3.8, 4) is 0 Å². The number of benzene rings is 2. The molecule has 1 aliphatic rings. The number of allylic oxidation sites excluding steroid dienone is 4. The molecule has 0 bridgehead atoms. The molecule has 0 heterocycles. The summed E-state index contributed by atoms with van der Waals surface area (Å²) in [5, 5.41) is 2.94. The predicted octanol–water partition coefficient (Wildman–Crippen LogP) is 5.64. The summed E-state index contributed by atoms with van der Waals surface area (Å²) in [6.45, 7) is 11.6. The van der Waals surface area contributed by atoms with Crippen molar-refractivity contribution in [2.45, 2.75) is 39.3 Å². The Morgan fingerprint density at radius 3 is 1.46 bits per heavy atom. The fraction of sp³-hybridized carbons (Fsp3) is 0.250. The van der Waals surface area contributed by atoms with Gasteiger partial charge in [-0.3, -0.25) is 6.08 Å². The van der Waals surface area contributed by atoms with E-state index in [1.54, 1.807) is 0 Å². The van der Waals surface area contributed by atoms with E-state index in [1.807, 2.05) is 0 Å². The summed E-state index contributed by atoms with van der Waals surface area (Å²) < 4.78 is 0. The van der Waals surface area contributed by atoms with Gasteiger partial charge in [0.1, 0.15) is 8.07 Å². The van der Waals surface area contributed by atoms with Crippen molar-refractivity contribution in [2.75, 3.05) is 0 Å². The van der Waals surface area contributed by atoms with Gasteiger partial charge in [-0.15, -0.1) is 6.92 Å². The summed E-state index contributed by atoms with van der Waals surface area (Å²) in [7, 11) is -2.03. The van der Waals surface area contributed by atoms with Gasteiger partial charge >= 0.3 is 21.7 Å². The van der Waals surface area contributed by atoms with E-state index >= 15 is 0 Å². The van der Waals surface area contributed by atoms with Crippen molar-refractivity contribution in [2.24, 2.45) is 0 Å². The summed E-state index contributed by atoms with van der Waals surface area (Å²) in [5.41, 5.74) is 4.21. The second-order valence-corrected chi connectivity index (χ2v) is 11.4. The minimum Gasteiger partial charge on any atom is -0.358 e. The molecule has 0 N–H and O–H groups in total. The molecule has 0 aromatic heterocycles. The maximum atomic E-state index is 3.87. The third-order valence-corrected chi connectivity index (χ3v) is 11.5. The molecule has 1 atom stereocenters. The van der Waals surface area contributed by atoms with Crippen LogP contribution in [0.25, 0.3) is 0 Å². The Balaban J connectivity index is 0.00000208. The van der Waals surface area contributed by atoms with Gasteiger partial charge in [-0.25, -0.2) is 5.57 Å². The van der Waals surface area contributed by atoms with Crippen molar-refractivity contribution in [1.82, 2.24) is 0 Å². The van der Waals surface area contributed by atoms with E-state index in [9.17, 15) is 0 Å². The Labute approximate surface area is 177 Å². The Morgan fingerprint density at radius 2 is 1.15 bits per heavy atom. The molecule has 1 aliphatic carbocycles. The minimum absolute atomic E-state index is 0. The fourth-order valence-electron chi connectivity index (χ4n) is 4.01. The number of rotatable bonds is 3. The molecule has 0 saturated carbocycles. The molecule has 0 fully saturated rings. The van der Waals surface area contributed by atoms with Gasteiger partial charge in [0.05, 0.1) is 0 Å². The predicted molar refractivity (Wildman–Crippen MR) is 116 cm³/mol. The molecular formula is C24H31SiTi. The molecule has 2 heteroatoms. The summed E-state index contributed by atoms with van der Waals surface area (Å²) >= 11 is 0. The first kappa shape index (κ1) is 24.9. The van der Waals surface area contributed by atoms with Gasteiger partial charge in [0.2, 0.25) is 0 Å². The Morgan fingerprint density at radius 1 is 0.769 bits per heavy atom. The van der Waals surface area contributed by atoms with Crippen LogP contribution in [-0.4, -0.2) is 8.07 Å². The van der Waals surface area contributed by atoms with Gasteiger partial charge in [0.15, 0.2) is 0 Å². The van der Waals surface area contributed by atoms with Crippen molar-refractivity contribution < 1.29 is 21.7 Å². The van der Waals surface area contributed by atoms with Crippen molar-refractivity contribution >= 4 is 18.4 Å². The van der Waals surface area contributed by atoms with Crippen LogP contribution in [0.15, 0.2) is 77.4 Å². The quantitative estimate of drug-likeness (QED) is 0.466. The standard InChI is InChI=1S/C22H25Si.2CH3.Ti/c1-17-16-22(4,19(3)18(17)2)23(5,20-12-8-6-9-13-20)21-14-10-7-11-15-21;;;/h6-15H,1-5H3;2*1H3;/q3*-1;+3. The number of hydrogen-bond donors (Lipinski definition) is 0. The van der Waals surface area contributed by atoms with Crippen LogP contribution in [0.2, 0.25) is 11.6 Å². The summed E-state index contributed by atoms with van der Waals surface area (Å²) in [6, 6.07) is 22.1. The van der Waals surface area contributed by atoms with E-state index in [0.29, 0.717) is 0 Å². The molecule has 135 valence electrons. The van der Waals surface area contributed by atoms with Crippen LogP contribution < -0.4 is 10.4 Å². The zero-order valence-corrected chi connectivity index (χ0v) is 19.8. The van der Waals surface area contributed by atoms with E-state index in [-0.39, 0.29) is 41.6 Å². The molecule has 0 aliphatic heterocycles. The molecule has 0 spiro atoms. The fourth-order valence-corrected chi connectivity index (χ4v) is 8.59. The van der Waals surface area contributed by atoms with E-state index in [4.69, 9.17) is 0 Å². The average Bonchev–Trinajstić information content (AvgIpc) is 2.80. The third kappa shape index (κ3) is 3.63. The zero-order chi connectivity index (χ0) is 16.7. The summed E-state index contributed by atoms with van der Waals surface area (Å²) in [4.78, 5) is 0. The maximum Gasteiger partial charge on any atom is 3.00 e. The molecule has 26 heavy (non-hydrogen) atoms. The van der Waals surface area contributed by atoms with Gasteiger partial charge in [0.25, 0.3) is 0 Å². The van der Waals surface area contributed by atoms with Crippen LogP contribution in [0.3, 0.4) is 0 Å². The molecule has 0 saturated heterocycles. The van der Waals surface area contributed by atoms with Gasteiger partial charge < -0.3 is 14.9 Å². The molecule has 0 nitrogen and oxygen atoms in total. The SMILES string of the molecule is CC1=[C-]C(C)([Si](C)(c2ccccc2)c2ccccc2)C(C)=C1C.[CH3-].[CH3-].[Ti+3]. The first-order chi connectivity index (χ1) is 10.9. The van der Waals surface area contributed by atoms with Crippen LogP contribution in [0.5, 0.6) is 0 Å². The van der Waals surface area contributed by atoms with Crippen LogP contribution in [-0.2, 0) is 21.7 Å². The van der Waals surface area contributed by atoms with Crippen LogP contribution in [0.4, 0.5) is 0 Å². The molecular weight excluding hydrogens is 364 g/mol. The zero-order valence-electron chi connectivity index (χ0n) is 17.3. The molecule has 3 rings (SSSR count). The van der Waals surface area contributed by atoms with Gasteiger partial charge in [0, 0.05) is 0 Å². The normalized spacial score (nSPS) is 19.0. The topological polar surface area (TPSA) is 0 Å². The van der Waals surface area contributed by atoms with Crippen molar-refractivity contribution in [3.05, 3.63) is 98.3 Å². The molecule has 0 amide bonds. The Hall–Kier alpha value is -1.15. The van der Waals surface area contributed by atoms with E-state index < -0.39 is 8.07 Å². The Bertz CT molecular complexity index is 735. The molecule has 2 aromatic rings. The second kappa shape index (κ2) is 9.17. The van der Waals surface area contributed by atoms with Gasteiger partial charge in [-0.2, -0.15) is 11.1 Å². The van der Waals surface area contributed by atoms with Gasteiger partial charge in [-0.05, 0) is 0 Å². The smallest absolute Gasteiger partial charge is 0.358 e.